The highest BCUT2D eigenvalue weighted by Crippen LogP contribution is 2.12. The van der Waals surface area contributed by atoms with Crippen LogP contribution in [0.3, 0.4) is 0 Å². The lowest BCUT2D eigenvalue weighted by atomic mass is 10.2. The number of nitrogens with zero attached hydrogens (tertiary/aromatic N) is 1. The van der Waals surface area contributed by atoms with E-state index in [2.05, 4.69) is 60.1 Å². The number of hydrogen-bond acceptors (Lipinski definition) is 4. The van der Waals surface area contributed by atoms with Crippen molar-refractivity contribution in [2.75, 3.05) is 25.9 Å². The number of rotatable bonds is 6. The van der Waals surface area contributed by atoms with Gasteiger partial charge >= 0.3 is 0 Å². The third-order valence-corrected chi connectivity index (χ3v) is 4.40. The second-order valence-electron chi connectivity index (χ2n) is 5.39. The number of amides is 1. The first-order chi connectivity index (χ1) is 10.1. The molecule has 1 amide bonds. The fourth-order valence-electron chi connectivity index (χ4n) is 2.02. The Labute approximate surface area is 130 Å². The molecule has 0 spiro atoms. The van der Waals surface area contributed by atoms with Crippen LogP contribution in [-0.4, -0.2) is 36.7 Å². The highest BCUT2D eigenvalue weighted by molar-refractivity contribution is 7.99. The van der Waals surface area contributed by atoms with Gasteiger partial charge in [-0.15, -0.1) is 11.8 Å². The number of hydrogen-bond donors (Lipinski definition) is 2. The molecule has 1 aliphatic rings. The molecule has 0 aliphatic carbocycles. The molecule has 1 heterocycles. The maximum absolute atomic E-state index is 11.8. The zero-order valence-corrected chi connectivity index (χ0v) is 13.5. The summed E-state index contributed by atoms with van der Waals surface area (Å²) in [5.41, 5.74) is 9.40. The zero-order valence-electron chi connectivity index (χ0n) is 12.7. The smallest absolute Gasteiger partial charge is 0.248 e. The van der Waals surface area contributed by atoms with Gasteiger partial charge in [-0.25, -0.2) is 0 Å². The number of thioether (sulfide) groups is 1. The van der Waals surface area contributed by atoms with Crippen molar-refractivity contribution in [3.8, 4) is 0 Å². The molecular formula is C16H23N3OS. The number of aryl methyl sites for hydroxylation is 1. The summed E-state index contributed by atoms with van der Waals surface area (Å²) in [7, 11) is 2.09. The van der Waals surface area contributed by atoms with Gasteiger partial charge in [0.2, 0.25) is 5.91 Å². The van der Waals surface area contributed by atoms with Crippen LogP contribution in [0.5, 0.6) is 0 Å². The molecule has 0 atom stereocenters. The van der Waals surface area contributed by atoms with Crippen molar-refractivity contribution in [3.05, 3.63) is 47.2 Å². The topological polar surface area (TPSA) is 44.4 Å². The molecule has 0 bridgehead atoms. The molecule has 21 heavy (non-hydrogen) atoms. The van der Waals surface area contributed by atoms with Crippen LogP contribution in [0.15, 0.2) is 36.0 Å². The molecule has 1 aromatic rings. The molecular weight excluding hydrogens is 282 g/mol. The fraction of sp³-hybridized carbons (Fsp3) is 0.438. The minimum absolute atomic E-state index is 0.0203. The number of benzene rings is 1. The molecule has 2 rings (SSSR count). The van der Waals surface area contributed by atoms with Gasteiger partial charge < -0.3 is 10.3 Å². The number of carbonyl (C=O) groups excluding carboxylic acids is 1. The van der Waals surface area contributed by atoms with Crippen LogP contribution < -0.4 is 10.9 Å². The molecule has 0 saturated heterocycles. The Bertz CT molecular complexity index is 499. The van der Waals surface area contributed by atoms with Gasteiger partial charge in [-0.3, -0.25) is 10.2 Å². The van der Waals surface area contributed by atoms with Gasteiger partial charge in [-0.05, 0) is 25.6 Å². The van der Waals surface area contributed by atoms with E-state index in [1.54, 1.807) is 11.8 Å². The van der Waals surface area contributed by atoms with Gasteiger partial charge in [0.1, 0.15) is 0 Å². The van der Waals surface area contributed by atoms with E-state index < -0.39 is 0 Å². The first kappa shape index (κ1) is 15.9. The first-order valence-corrected chi connectivity index (χ1v) is 8.34. The van der Waals surface area contributed by atoms with Crippen LogP contribution >= 0.6 is 11.8 Å². The molecule has 0 saturated carbocycles. The van der Waals surface area contributed by atoms with E-state index in [1.807, 2.05) is 0 Å². The van der Waals surface area contributed by atoms with E-state index in [0.29, 0.717) is 5.75 Å². The van der Waals surface area contributed by atoms with Gasteiger partial charge in [-0.1, -0.05) is 29.8 Å². The van der Waals surface area contributed by atoms with Crippen LogP contribution in [0.2, 0.25) is 0 Å². The van der Waals surface area contributed by atoms with Gasteiger partial charge in [0, 0.05) is 31.0 Å². The Morgan fingerprint density at radius 3 is 2.76 bits per heavy atom. The lowest BCUT2D eigenvalue weighted by molar-refractivity contribution is -0.119. The van der Waals surface area contributed by atoms with Crippen LogP contribution in [0.25, 0.3) is 0 Å². The summed E-state index contributed by atoms with van der Waals surface area (Å²) in [6.45, 7) is 4.03. The Hall–Kier alpha value is -1.46. The number of hydrazine groups is 1. The number of nitrogens with one attached hydrogen (secondary N) is 2. The maximum atomic E-state index is 11.8. The van der Waals surface area contributed by atoms with Crippen LogP contribution in [-0.2, 0) is 10.5 Å². The number of likely N-dealkylation sites (N-methyl/N-ethyl adjacent to an activating group) is 1. The molecule has 0 radical (unpaired) electrons. The van der Waals surface area contributed by atoms with Crippen LogP contribution in [0, 0.1) is 6.92 Å². The van der Waals surface area contributed by atoms with Crippen LogP contribution in [0.4, 0.5) is 0 Å². The zero-order chi connectivity index (χ0) is 15.1. The summed E-state index contributed by atoms with van der Waals surface area (Å²) in [5.74, 6) is 1.35. The second kappa shape index (κ2) is 8.10. The molecule has 1 aromatic carbocycles. The van der Waals surface area contributed by atoms with Gasteiger partial charge in [0.15, 0.2) is 0 Å². The normalized spacial score (nSPS) is 15.4. The highest BCUT2D eigenvalue weighted by Gasteiger charge is 2.08. The minimum atomic E-state index is 0.0203. The molecule has 5 heteroatoms. The molecule has 2 N–H and O–H groups in total. The Morgan fingerprint density at radius 1 is 1.33 bits per heavy atom. The van der Waals surface area contributed by atoms with Crippen molar-refractivity contribution in [3.63, 3.8) is 0 Å². The van der Waals surface area contributed by atoms with E-state index in [0.717, 1.165) is 31.0 Å². The third-order valence-electron chi connectivity index (χ3n) is 3.40. The van der Waals surface area contributed by atoms with Gasteiger partial charge in [0.25, 0.3) is 0 Å². The lowest BCUT2D eigenvalue weighted by Gasteiger charge is -2.22. The van der Waals surface area contributed by atoms with E-state index in [4.69, 9.17) is 0 Å². The summed E-state index contributed by atoms with van der Waals surface area (Å²) in [5, 5.41) is 0. The summed E-state index contributed by atoms with van der Waals surface area (Å²) in [6.07, 6.45) is 3.07. The molecule has 1 aliphatic heterocycles. The van der Waals surface area contributed by atoms with Crippen molar-refractivity contribution in [2.45, 2.75) is 19.1 Å². The SMILES string of the molecule is Cc1ccc(CSCC(=O)NNC2=CCN(C)CC2)cc1. The Morgan fingerprint density at radius 2 is 2.10 bits per heavy atom. The predicted molar refractivity (Wildman–Crippen MR) is 88.8 cm³/mol. The Balaban J connectivity index is 1.62. The van der Waals surface area contributed by atoms with E-state index in [9.17, 15) is 4.79 Å². The third kappa shape index (κ3) is 5.81. The van der Waals surface area contributed by atoms with Crippen molar-refractivity contribution in [1.29, 1.82) is 0 Å². The quantitative estimate of drug-likeness (QED) is 0.790. The molecule has 4 nitrogen and oxygen atoms in total. The second-order valence-corrected chi connectivity index (χ2v) is 6.38. The van der Waals surface area contributed by atoms with E-state index >= 15 is 0 Å². The first-order valence-electron chi connectivity index (χ1n) is 7.19. The Kier molecular flexibility index (Phi) is 6.14. The standard InChI is InChI=1S/C16H23N3OS/c1-13-3-5-14(6-4-13)11-21-12-16(20)18-17-15-7-9-19(2)10-8-15/h3-7,17H,8-12H2,1-2H3,(H,18,20). The molecule has 114 valence electrons. The molecule has 0 fully saturated rings. The summed E-state index contributed by atoms with van der Waals surface area (Å²) in [4.78, 5) is 14.0. The van der Waals surface area contributed by atoms with Crippen molar-refractivity contribution in [1.82, 2.24) is 15.8 Å². The average molecular weight is 305 g/mol. The maximum Gasteiger partial charge on any atom is 0.248 e. The van der Waals surface area contributed by atoms with Gasteiger partial charge in [0.05, 0.1) is 5.75 Å². The van der Waals surface area contributed by atoms with E-state index in [-0.39, 0.29) is 5.91 Å². The summed E-state index contributed by atoms with van der Waals surface area (Å²) >= 11 is 1.63. The molecule has 0 unspecified atom stereocenters. The average Bonchev–Trinajstić information content (AvgIpc) is 2.49. The monoisotopic (exact) mass is 305 g/mol. The van der Waals surface area contributed by atoms with E-state index in [1.165, 1.54) is 11.1 Å². The predicted octanol–water partition coefficient (Wildman–Crippen LogP) is 2.07. The lowest BCUT2D eigenvalue weighted by Crippen LogP contribution is -2.40. The largest absolute Gasteiger partial charge is 0.303 e. The van der Waals surface area contributed by atoms with Crippen molar-refractivity contribution >= 4 is 17.7 Å². The van der Waals surface area contributed by atoms with Crippen molar-refractivity contribution < 1.29 is 4.79 Å². The molecule has 0 aromatic heterocycles. The number of carbonyl (C=O) groups is 1. The van der Waals surface area contributed by atoms with Crippen molar-refractivity contribution in [2.24, 2.45) is 0 Å². The van der Waals surface area contributed by atoms with Gasteiger partial charge in [-0.2, -0.15) is 0 Å². The summed E-state index contributed by atoms with van der Waals surface area (Å²) in [6, 6.07) is 8.43. The highest BCUT2D eigenvalue weighted by atomic mass is 32.2. The van der Waals surface area contributed by atoms with Crippen LogP contribution in [0.1, 0.15) is 17.5 Å². The minimum Gasteiger partial charge on any atom is -0.303 e. The fourth-order valence-corrected chi connectivity index (χ4v) is 2.80. The summed E-state index contributed by atoms with van der Waals surface area (Å²) < 4.78 is 0.